The number of amides is 2. The van der Waals surface area contributed by atoms with E-state index in [-0.39, 0.29) is 12.5 Å². The van der Waals surface area contributed by atoms with Gasteiger partial charge in [0, 0.05) is 19.5 Å². The Morgan fingerprint density at radius 3 is 2.42 bits per heavy atom. The Bertz CT molecular complexity index is 306. The highest BCUT2D eigenvalue weighted by Crippen LogP contribution is 2.37. The molecule has 2 amide bonds. The molecule has 0 aromatic heterocycles. The SMILES string of the molecule is CC1(C)CCC(CNC(=O)NCCCC(=O)O)CC1. The number of nitrogens with one attached hydrogen (secondary N) is 2. The van der Waals surface area contributed by atoms with Crippen LogP contribution in [0.5, 0.6) is 0 Å². The first-order chi connectivity index (χ1) is 8.89. The molecule has 0 radical (unpaired) electrons. The topological polar surface area (TPSA) is 78.4 Å². The van der Waals surface area contributed by atoms with Crippen molar-refractivity contribution < 1.29 is 14.7 Å². The van der Waals surface area contributed by atoms with E-state index in [4.69, 9.17) is 5.11 Å². The maximum Gasteiger partial charge on any atom is 0.314 e. The molecule has 1 aliphatic carbocycles. The molecule has 0 aromatic carbocycles. The van der Waals surface area contributed by atoms with Crippen LogP contribution < -0.4 is 10.6 Å². The van der Waals surface area contributed by atoms with Gasteiger partial charge in [-0.3, -0.25) is 4.79 Å². The van der Waals surface area contributed by atoms with Crippen molar-refractivity contribution in [2.45, 2.75) is 52.4 Å². The first kappa shape index (κ1) is 15.8. The number of aliphatic carboxylic acids is 1. The quantitative estimate of drug-likeness (QED) is 0.648. The van der Waals surface area contributed by atoms with Gasteiger partial charge >= 0.3 is 12.0 Å². The van der Waals surface area contributed by atoms with Crippen molar-refractivity contribution >= 4 is 12.0 Å². The zero-order chi connectivity index (χ0) is 14.3. The molecule has 19 heavy (non-hydrogen) atoms. The van der Waals surface area contributed by atoms with Gasteiger partial charge in [-0.25, -0.2) is 4.79 Å². The van der Waals surface area contributed by atoms with Gasteiger partial charge in [-0.2, -0.15) is 0 Å². The number of carbonyl (C=O) groups is 2. The van der Waals surface area contributed by atoms with Crippen LogP contribution in [0.4, 0.5) is 4.79 Å². The monoisotopic (exact) mass is 270 g/mol. The number of hydrogen-bond acceptors (Lipinski definition) is 2. The van der Waals surface area contributed by atoms with Crippen LogP contribution >= 0.6 is 0 Å². The molecule has 0 atom stereocenters. The molecular formula is C14H26N2O3. The third-order valence-electron chi connectivity index (χ3n) is 3.86. The Morgan fingerprint density at radius 1 is 1.21 bits per heavy atom. The summed E-state index contributed by atoms with van der Waals surface area (Å²) in [6, 6.07) is -0.185. The maximum absolute atomic E-state index is 11.5. The molecular weight excluding hydrogens is 244 g/mol. The van der Waals surface area contributed by atoms with Gasteiger partial charge in [0.1, 0.15) is 0 Å². The van der Waals surface area contributed by atoms with Gasteiger partial charge in [0.15, 0.2) is 0 Å². The predicted octanol–water partition coefficient (Wildman–Crippen LogP) is 2.37. The van der Waals surface area contributed by atoms with Gasteiger partial charge in [-0.05, 0) is 43.4 Å². The second kappa shape index (κ2) is 7.36. The van der Waals surface area contributed by atoms with Crippen LogP contribution in [0.25, 0.3) is 0 Å². The minimum atomic E-state index is -0.827. The summed E-state index contributed by atoms with van der Waals surface area (Å²) >= 11 is 0. The van der Waals surface area contributed by atoms with Gasteiger partial charge in [0.05, 0.1) is 0 Å². The van der Waals surface area contributed by atoms with E-state index in [1.54, 1.807) is 0 Å². The largest absolute Gasteiger partial charge is 0.481 e. The van der Waals surface area contributed by atoms with Gasteiger partial charge in [-0.15, -0.1) is 0 Å². The van der Waals surface area contributed by atoms with Crippen LogP contribution in [0.15, 0.2) is 0 Å². The minimum absolute atomic E-state index is 0.0952. The molecule has 0 spiro atoms. The molecule has 1 saturated carbocycles. The van der Waals surface area contributed by atoms with Crippen molar-refractivity contribution in [3.63, 3.8) is 0 Å². The second-order valence-electron chi connectivity index (χ2n) is 6.24. The first-order valence-corrected chi connectivity index (χ1v) is 7.12. The summed E-state index contributed by atoms with van der Waals surface area (Å²) < 4.78 is 0. The molecule has 1 fully saturated rings. The van der Waals surface area contributed by atoms with Crippen molar-refractivity contribution in [2.24, 2.45) is 11.3 Å². The van der Waals surface area contributed by atoms with Gasteiger partial charge in [-0.1, -0.05) is 13.8 Å². The average molecular weight is 270 g/mol. The van der Waals surface area contributed by atoms with E-state index in [1.807, 2.05) is 0 Å². The van der Waals surface area contributed by atoms with Gasteiger partial charge in [0.25, 0.3) is 0 Å². The number of carbonyl (C=O) groups excluding carboxylic acids is 1. The van der Waals surface area contributed by atoms with Gasteiger partial charge in [0.2, 0.25) is 0 Å². The Kier molecular flexibility index (Phi) is 6.12. The third-order valence-corrected chi connectivity index (χ3v) is 3.86. The van der Waals surface area contributed by atoms with Crippen LogP contribution in [0, 0.1) is 11.3 Å². The Hall–Kier alpha value is -1.26. The zero-order valence-corrected chi connectivity index (χ0v) is 12.0. The third kappa shape index (κ3) is 7.03. The molecule has 0 heterocycles. The van der Waals surface area contributed by atoms with E-state index in [1.165, 1.54) is 25.7 Å². The van der Waals surface area contributed by atoms with Crippen LogP contribution in [0.2, 0.25) is 0 Å². The minimum Gasteiger partial charge on any atom is -0.481 e. The average Bonchev–Trinajstić information content (AvgIpc) is 2.33. The van der Waals surface area contributed by atoms with Crippen molar-refractivity contribution in [1.82, 2.24) is 10.6 Å². The summed E-state index contributed by atoms with van der Waals surface area (Å²) in [5, 5.41) is 14.0. The second-order valence-corrected chi connectivity index (χ2v) is 6.24. The van der Waals surface area contributed by atoms with E-state index in [0.717, 1.165) is 6.54 Å². The lowest BCUT2D eigenvalue weighted by atomic mass is 9.73. The summed E-state index contributed by atoms with van der Waals surface area (Å²) in [7, 11) is 0. The van der Waals surface area contributed by atoms with Crippen molar-refractivity contribution in [1.29, 1.82) is 0 Å². The molecule has 1 rings (SSSR count). The predicted molar refractivity (Wildman–Crippen MR) is 74.0 cm³/mol. The normalized spacial score (nSPS) is 18.8. The standard InChI is InChI=1S/C14H26N2O3/c1-14(2)7-5-11(6-8-14)10-16-13(19)15-9-3-4-12(17)18/h11H,3-10H2,1-2H3,(H,17,18)(H2,15,16,19). The fourth-order valence-electron chi connectivity index (χ4n) is 2.40. The number of hydrogen-bond donors (Lipinski definition) is 3. The molecule has 0 saturated heterocycles. The molecule has 5 heteroatoms. The fourth-order valence-corrected chi connectivity index (χ4v) is 2.40. The van der Waals surface area contributed by atoms with Crippen LogP contribution in [0.1, 0.15) is 52.4 Å². The highest BCUT2D eigenvalue weighted by atomic mass is 16.4. The summed E-state index contributed by atoms with van der Waals surface area (Å²) in [6.07, 6.45) is 5.36. The van der Waals surface area contributed by atoms with Crippen molar-refractivity contribution in [2.75, 3.05) is 13.1 Å². The molecule has 0 aliphatic heterocycles. The zero-order valence-electron chi connectivity index (χ0n) is 12.0. The number of carboxylic acids is 1. The Labute approximate surface area is 115 Å². The number of urea groups is 1. The lowest BCUT2D eigenvalue weighted by Gasteiger charge is -2.34. The molecule has 0 bridgehead atoms. The van der Waals surface area contributed by atoms with E-state index in [2.05, 4.69) is 24.5 Å². The van der Waals surface area contributed by atoms with E-state index >= 15 is 0 Å². The summed E-state index contributed by atoms with van der Waals surface area (Å²) in [6.45, 7) is 5.73. The van der Waals surface area contributed by atoms with E-state index in [0.29, 0.717) is 24.3 Å². The lowest BCUT2D eigenvalue weighted by molar-refractivity contribution is -0.137. The number of rotatable bonds is 6. The molecule has 1 aliphatic rings. The molecule has 110 valence electrons. The number of carboxylic acid groups (broad SMARTS) is 1. The van der Waals surface area contributed by atoms with Crippen molar-refractivity contribution in [3.8, 4) is 0 Å². The van der Waals surface area contributed by atoms with Gasteiger partial charge < -0.3 is 15.7 Å². The fraction of sp³-hybridized carbons (Fsp3) is 0.857. The maximum atomic E-state index is 11.5. The highest BCUT2D eigenvalue weighted by Gasteiger charge is 2.26. The Balaban J connectivity index is 2.06. The van der Waals surface area contributed by atoms with Crippen LogP contribution in [-0.4, -0.2) is 30.2 Å². The van der Waals surface area contributed by atoms with Crippen LogP contribution in [-0.2, 0) is 4.79 Å². The molecule has 3 N–H and O–H groups in total. The summed E-state index contributed by atoms with van der Waals surface area (Å²) in [4.78, 5) is 21.8. The highest BCUT2D eigenvalue weighted by molar-refractivity contribution is 5.73. The smallest absolute Gasteiger partial charge is 0.314 e. The molecule has 5 nitrogen and oxygen atoms in total. The summed E-state index contributed by atoms with van der Waals surface area (Å²) in [5.41, 5.74) is 0.454. The first-order valence-electron chi connectivity index (χ1n) is 7.12. The van der Waals surface area contributed by atoms with Crippen molar-refractivity contribution in [3.05, 3.63) is 0 Å². The molecule has 0 aromatic rings. The van der Waals surface area contributed by atoms with Crippen LogP contribution in [0.3, 0.4) is 0 Å². The van der Waals surface area contributed by atoms with E-state index in [9.17, 15) is 9.59 Å². The van der Waals surface area contributed by atoms with E-state index < -0.39 is 5.97 Å². The molecule has 0 unspecified atom stereocenters. The lowest BCUT2D eigenvalue weighted by Crippen LogP contribution is -2.39. The summed E-state index contributed by atoms with van der Waals surface area (Å²) in [5.74, 6) is -0.246. The Morgan fingerprint density at radius 2 is 1.84 bits per heavy atom.